The van der Waals surface area contributed by atoms with Gasteiger partial charge in [0.1, 0.15) is 18.8 Å². The first-order chi connectivity index (χ1) is 19.0. The number of carbonyl (C=O) groups is 2. The molecule has 0 N–H and O–H groups in total. The molecule has 1 atom stereocenters. The molecule has 6 heteroatoms. The lowest BCUT2D eigenvalue weighted by atomic mass is 9.84. The molecular formula is C33H37N3O3. The normalized spacial score (nSPS) is 19.0. The molecule has 3 aromatic rings. The van der Waals surface area contributed by atoms with Crippen LogP contribution >= 0.6 is 0 Å². The second-order valence-corrected chi connectivity index (χ2v) is 11.1. The van der Waals surface area contributed by atoms with E-state index in [-0.39, 0.29) is 24.9 Å². The standard InChI is InChI=1S/C33H37N3O3/c1-22-12-14-27-28(18-22)35(20-30(37)34-16-8-5-9-17-34)31(38)21-36-29-19-25(23(2)39-3)13-15-26(29)32(33(27)36)24-10-6-4-7-11-24/h4,6,12-15,18-19,24H,2,5,7-11,16-17,20-21H2,1,3H3. The number of likely N-dealkylation sites (tertiary alicyclic amines) is 1. The van der Waals surface area contributed by atoms with Crippen molar-refractivity contribution < 1.29 is 14.3 Å². The number of amides is 2. The third-order valence-electron chi connectivity index (χ3n) is 8.65. The van der Waals surface area contributed by atoms with Crippen LogP contribution in [-0.4, -0.2) is 48.0 Å². The number of fused-ring (bicyclic) bond motifs is 5. The van der Waals surface area contributed by atoms with E-state index in [0.717, 1.165) is 85.2 Å². The smallest absolute Gasteiger partial charge is 0.247 e. The Morgan fingerprint density at radius 1 is 1.08 bits per heavy atom. The molecule has 3 heterocycles. The number of rotatable bonds is 5. The van der Waals surface area contributed by atoms with E-state index in [1.807, 2.05) is 11.8 Å². The number of ether oxygens (including phenoxy) is 1. The number of carbonyl (C=O) groups excluding carboxylic acids is 2. The Bertz CT molecular complexity index is 1490. The van der Waals surface area contributed by atoms with Crippen LogP contribution in [0.25, 0.3) is 27.9 Å². The van der Waals surface area contributed by atoms with Crippen molar-refractivity contribution in [2.45, 2.75) is 57.9 Å². The molecule has 0 bridgehead atoms. The van der Waals surface area contributed by atoms with Crippen LogP contribution in [0.2, 0.25) is 0 Å². The fraction of sp³-hybridized carbons (Fsp3) is 0.394. The summed E-state index contributed by atoms with van der Waals surface area (Å²) < 4.78 is 7.63. The molecule has 202 valence electrons. The minimum absolute atomic E-state index is 0.0308. The molecule has 2 aliphatic heterocycles. The van der Waals surface area contributed by atoms with Crippen LogP contribution in [0.5, 0.6) is 0 Å². The van der Waals surface area contributed by atoms with E-state index in [9.17, 15) is 9.59 Å². The molecule has 2 aromatic carbocycles. The molecular weight excluding hydrogens is 486 g/mol. The third-order valence-corrected chi connectivity index (χ3v) is 8.65. The summed E-state index contributed by atoms with van der Waals surface area (Å²) in [5.74, 6) is 0.924. The van der Waals surface area contributed by atoms with Crippen molar-refractivity contribution in [2.24, 2.45) is 0 Å². The number of benzene rings is 2. The van der Waals surface area contributed by atoms with Gasteiger partial charge in [-0.25, -0.2) is 0 Å². The fourth-order valence-electron chi connectivity index (χ4n) is 6.56. The molecule has 1 aromatic heterocycles. The number of piperidine rings is 1. The summed E-state index contributed by atoms with van der Waals surface area (Å²) in [6.45, 7) is 7.92. The zero-order valence-electron chi connectivity index (χ0n) is 23.0. The van der Waals surface area contributed by atoms with Crippen molar-refractivity contribution in [3.05, 3.63) is 71.8 Å². The van der Waals surface area contributed by atoms with Crippen LogP contribution in [0.4, 0.5) is 5.69 Å². The van der Waals surface area contributed by atoms with Crippen molar-refractivity contribution in [1.29, 1.82) is 0 Å². The second-order valence-electron chi connectivity index (χ2n) is 11.1. The molecule has 6 rings (SSSR count). The van der Waals surface area contributed by atoms with E-state index < -0.39 is 0 Å². The van der Waals surface area contributed by atoms with Crippen LogP contribution in [0.3, 0.4) is 0 Å². The molecule has 0 radical (unpaired) electrons. The summed E-state index contributed by atoms with van der Waals surface area (Å²) in [6, 6.07) is 12.7. The predicted octanol–water partition coefficient (Wildman–Crippen LogP) is 6.42. The summed E-state index contributed by atoms with van der Waals surface area (Å²) >= 11 is 0. The third kappa shape index (κ3) is 4.56. The summed E-state index contributed by atoms with van der Waals surface area (Å²) in [6.07, 6.45) is 10.9. The van der Waals surface area contributed by atoms with Crippen LogP contribution in [-0.2, 0) is 20.9 Å². The molecule has 1 saturated heterocycles. The summed E-state index contributed by atoms with van der Waals surface area (Å²) in [7, 11) is 1.63. The van der Waals surface area contributed by atoms with Gasteiger partial charge in [0.2, 0.25) is 11.8 Å². The molecule has 39 heavy (non-hydrogen) atoms. The van der Waals surface area contributed by atoms with Crippen LogP contribution in [0, 0.1) is 6.92 Å². The zero-order chi connectivity index (χ0) is 27.1. The van der Waals surface area contributed by atoms with Crippen molar-refractivity contribution in [1.82, 2.24) is 9.47 Å². The molecule has 6 nitrogen and oxygen atoms in total. The van der Waals surface area contributed by atoms with Gasteiger partial charge in [-0.15, -0.1) is 0 Å². The first kappa shape index (κ1) is 25.5. The number of allylic oxidation sites excluding steroid dienone is 2. The topological polar surface area (TPSA) is 54.8 Å². The predicted molar refractivity (Wildman–Crippen MR) is 157 cm³/mol. The Hall–Kier alpha value is -3.80. The van der Waals surface area contributed by atoms with Gasteiger partial charge in [-0.05, 0) is 74.6 Å². The van der Waals surface area contributed by atoms with E-state index in [2.05, 4.69) is 59.7 Å². The number of hydrogen-bond acceptors (Lipinski definition) is 3. The Kier molecular flexibility index (Phi) is 6.79. The van der Waals surface area contributed by atoms with Gasteiger partial charge in [0, 0.05) is 29.6 Å². The minimum Gasteiger partial charge on any atom is -0.497 e. The van der Waals surface area contributed by atoms with Gasteiger partial charge in [0.25, 0.3) is 0 Å². The lowest BCUT2D eigenvalue weighted by Crippen LogP contribution is -2.45. The zero-order valence-corrected chi connectivity index (χ0v) is 23.0. The van der Waals surface area contributed by atoms with Gasteiger partial charge < -0.3 is 19.1 Å². The SMILES string of the molecule is C=C(OC)c1ccc2c(C3CC=CCC3)c3n(c2c1)CC(=O)N(CC(=O)N1CCCCC1)c1cc(C)ccc1-3. The Balaban J connectivity index is 1.54. The van der Waals surface area contributed by atoms with Crippen molar-refractivity contribution in [3.8, 4) is 11.3 Å². The molecule has 1 aliphatic carbocycles. The molecule has 2 amide bonds. The molecule has 1 fully saturated rings. The minimum atomic E-state index is -0.0612. The number of anilines is 1. The Morgan fingerprint density at radius 2 is 1.90 bits per heavy atom. The van der Waals surface area contributed by atoms with E-state index in [4.69, 9.17) is 4.74 Å². The average molecular weight is 524 g/mol. The van der Waals surface area contributed by atoms with Gasteiger partial charge >= 0.3 is 0 Å². The van der Waals surface area contributed by atoms with Gasteiger partial charge in [0.05, 0.1) is 24.0 Å². The average Bonchev–Trinajstić information content (AvgIpc) is 3.23. The van der Waals surface area contributed by atoms with Crippen LogP contribution in [0.1, 0.15) is 61.1 Å². The molecule has 0 spiro atoms. The van der Waals surface area contributed by atoms with Gasteiger partial charge in [-0.3, -0.25) is 9.59 Å². The Labute approximate surface area is 230 Å². The summed E-state index contributed by atoms with van der Waals surface area (Å²) in [5.41, 5.74) is 7.23. The Morgan fingerprint density at radius 3 is 2.64 bits per heavy atom. The molecule has 1 unspecified atom stereocenters. The number of methoxy groups -OCH3 is 1. The maximum Gasteiger partial charge on any atom is 0.247 e. The fourth-order valence-corrected chi connectivity index (χ4v) is 6.56. The highest BCUT2D eigenvalue weighted by molar-refractivity contribution is 6.07. The number of nitrogens with zero attached hydrogens (tertiary/aromatic N) is 3. The highest BCUT2D eigenvalue weighted by atomic mass is 16.5. The highest BCUT2D eigenvalue weighted by Crippen LogP contribution is 2.47. The first-order valence-corrected chi connectivity index (χ1v) is 14.2. The molecule has 3 aliphatic rings. The number of aryl methyl sites for hydroxylation is 1. The van der Waals surface area contributed by atoms with E-state index in [1.165, 1.54) is 10.9 Å². The second kappa shape index (κ2) is 10.4. The summed E-state index contributed by atoms with van der Waals surface area (Å²) in [4.78, 5) is 31.1. The van der Waals surface area contributed by atoms with Crippen molar-refractivity contribution in [2.75, 3.05) is 31.6 Å². The summed E-state index contributed by atoms with van der Waals surface area (Å²) in [5, 5.41) is 1.18. The van der Waals surface area contributed by atoms with E-state index in [0.29, 0.717) is 11.7 Å². The quantitative estimate of drug-likeness (QED) is 0.287. The van der Waals surface area contributed by atoms with E-state index in [1.54, 1.807) is 12.0 Å². The number of hydrogen-bond donors (Lipinski definition) is 0. The van der Waals surface area contributed by atoms with Gasteiger partial charge in [-0.1, -0.05) is 43.0 Å². The van der Waals surface area contributed by atoms with Gasteiger partial charge in [-0.2, -0.15) is 0 Å². The maximum absolute atomic E-state index is 14.1. The van der Waals surface area contributed by atoms with Gasteiger partial charge in [0.15, 0.2) is 0 Å². The molecule has 0 saturated carbocycles. The largest absolute Gasteiger partial charge is 0.497 e. The van der Waals surface area contributed by atoms with E-state index >= 15 is 0 Å². The number of aromatic nitrogens is 1. The monoisotopic (exact) mass is 523 g/mol. The highest BCUT2D eigenvalue weighted by Gasteiger charge is 2.34. The lowest BCUT2D eigenvalue weighted by molar-refractivity contribution is -0.132. The first-order valence-electron chi connectivity index (χ1n) is 14.2. The van der Waals surface area contributed by atoms with Crippen LogP contribution in [0.15, 0.2) is 55.1 Å². The van der Waals surface area contributed by atoms with Crippen LogP contribution < -0.4 is 4.90 Å². The van der Waals surface area contributed by atoms with Crippen molar-refractivity contribution in [3.63, 3.8) is 0 Å². The van der Waals surface area contributed by atoms with Crippen molar-refractivity contribution >= 4 is 34.2 Å². The lowest BCUT2D eigenvalue weighted by Gasteiger charge is -2.30. The maximum atomic E-state index is 14.1.